The lowest BCUT2D eigenvalue weighted by molar-refractivity contribution is -0.117. The first-order valence-electron chi connectivity index (χ1n) is 7.33. The molecule has 0 radical (unpaired) electrons. The largest absolute Gasteiger partial charge is 0.495 e. The summed E-state index contributed by atoms with van der Waals surface area (Å²) < 4.78 is 16.2. The van der Waals surface area contributed by atoms with Gasteiger partial charge in [-0.15, -0.1) is 0 Å². The number of benzene rings is 1. The molecule has 1 N–H and O–H groups in total. The molecule has 1 aliphatic rings. The van der Waals surface area contributed by atoms with Crippen molar-refractivity contribution >= 4 is 11.6 Å². The van der Waals surface area contributed by atoms with Gasteiger partial charge in [-0.05, 0) is 37.5 Å². The highest BCUT2D eigenvalue weighted by atomic mass is 16.5. The summed E-state index contributed by atoms with van der Waals surface area (Å²) in [5.74, 6) is 0.584. The lowest BCUT2D eigenvalue weighted by Crippen LogP contribution is -2.18. The Morgan fingerprint density at radius 1 is 1.48 bits per heavy atom. The number of carbonyl (C=O) groups excluding carboxylic acids is 1. The Kier molecular flexibility index (Phi) is 6.02. The van der Waals surface area contributed by atoms with Crippen LogP contribution in [0, 0.1) is 6.92 Å². The minimum absolute atomic E-state index is 0.0776. The summed E-state index contributed by atoms with van der Waals surface area (Å²) in [6.45, 7) is 3.77. The molecule has 5 heteroatoms. The van der Waals surface area contributed by atoms with Gasteiger partial charge >= 0.3 is 0 Å². The molecule has 5 nitrogen and oxygen atoms in total. The normalized spacial score (nSPS) is 17.7. The molecule has 1 atom stereocenters. The van der Waals surface area contributed by atoms with Gasteiger partial charge in [0, 0.05) is 6.61 Å². The smallest absolute Gasteiger partial charge is 0.226 e. The van der Waals surface area contributed by atoms with E-state index in [-0.39, 0.29) is 12.0 Å². The number of hydrogen-bond donors (Lipinski definition) is 1. The van der Waals surface area contributed by atoms with Crippen LogP contribution in [0.25, 0.3) is 0 Å². The third-order valence-corrected chi connectivity index (χ3v) is 3.43. The van der Waals surface area contributed by atoms with Gasteiger partial charge in [-0.25, -0.2) is 0 Å². The van der Waals surface area contributed by atoms with E-state index in [1.165, 1.54) is 0 Å². The van der Waals surface area contributed by atoms with Gasteiger partial charge in [0.05, 0.1) is 38.5 Å². The Labute approximate surface area is 125 Å². The van der Waals surface area contributed by atoms with Crippen molar-refractivity contribution in [3.05, 3.63) is 23.8 Å². The molecule has 1 amide bonds. The highest BCUT2D eigenvalue weighted by Gasteiger charge is 2.15. The first kappa shape index (κ1) is 15.8. The maximum Gasteiger partial charge on any atom is 0.226 e. The molecule has 0 spiro atoms. The van der Waals surface area contributed by atoms with Gasteiger partial charge in [0.1, 0.15) is 5.75 Å². The van der Waals surface area contributed by atoms with Gasteiger partial charge in [0.15, 0.2) is 0 Å². The van der Waals surface area contributed by atoms with E-state index in [4.69, 9.17) is 14.2 Å². The van der Waals surface area contributed by atoms with E-state index in [0.717, 1.165) is 25.0 Å². The predicted octanol–water partition coefficient (Wildman–Crippen LogP) is 2.53. The van der Waals surface area contributed by atoms with Crippen LogP contribution in [-0.4, -0.2) is 38.9 Å². The van der Waals surface area contributed by atoms with Crippen molar-refractivity contribution < 1.29 is 19.0 Å². The van der Waals surface area contributed by atoms with Crippen LogP contribution in [0.4, 0.5) is 5.69 Å². The fraction of sp³-hybridized carbons (Fsp3) is 0.562. The Morgan fingerprint density at radius 2 is 2.33 bits per heavy atom. The molecule has 21 heavy (non-hydrogen) atoms. The summed E-state index contributed by atoms with van der Waals surface area (Å²) in [6, 6.07) is 5.68. The maximum atomic E-state index is 11.9. The first-order chi connectivity index (χ1) is 10.2. The van der Waals surface area contributed by atoms with Gasteiger partial charge in [0.25, 0.3) is 0 Å². The van der Waals surface area contributed by atoms with Crippen molar-refractivity contribution in [3.8, 4) is 5.75 Å². The molecule has 0 unspecified atom stereocenters. The lowest BCUT2D eigenvalue weighted by Gasteiger charge is -2.12. The van der Waals surface area contributed by atoms with Crippen molar-refractivity contribution in [2.45, 2.75) is 32.3 Å². The maximum absolute atomic E-state index is 11.9. The number of methoxy groups -OCH3 is 1. The van der Waals surface area contributed by atoms with Crippen LogP contribution in [0.1, 0.15) is 24.8 Å². The van der Waals surface area contributed by atoms with E-state index in [2.05, 4.69) is 5.32 Å². The van der Waals surface area contributed by atoms with Crippen LogP contribution in [0.3, 0.4) is 0 Å². The molecular formula is C16H23NO4. The van der Waals surface area contributed by atoms with E-state index in [0.29, 0.717) is 31.1 Å². The topological polar surface area (TPSA) is 56.8 Å². The highest BCUT2D eigenvalue weighted by molar-refractivity contribution is 5.92. The molecule has 1 aliphatic heterocycles. The molecule has 1 aromatic rings. The Hall–Kier alpha value is -1.59. The molecule has 0 aromatic heterocycles. The molecule has 1 saturated heterocycles. The number of amides is 1. The molecule has 2 rings (SSSR count). The van der Waals surface area contributed by atoms with Crippen molar-refractivity contribution in [3.63, 3.8) is 0 Å². The Bertz CT molecular complexity index is 469. The van der Waals surface area contributed by atoms with Crippen LogP contribution in [-0.2, 0) is 14.3 Å². The number of carbonyl (C=O) groups is 1. The zero-order valence-corrected chi connectivity index (χ0v) is 12.7. The zero-order valence-electron chi connectivity index (χ0n) is 12.7. The standard InChI is InChI=1S/C16H23NO4/c1-12-5-6-15(19-2)14(10-12)17-16(18)7-9-20-11-13-4-3-8-21-13/h5-6,10,13H,3-4,7-9,11H2,1-2H3,(H,17,18)/t13-/m0/s1. The summed E-state index contributed by atoms with van der Waals surface area (Å²) in [5, 5.41) is 2.86. The molecule has 116 valence electrons. The van der Waals surface area contributed by atoms with E-state index >= 15 is 0 Å². The van der Waals surface area contributed by atoms with Crippen molar-refractivity contribution in [1.29, 1.82) is 0 Å². The van der Waals surface area contributed by atoms with Crippen LogP contribution in [0.5, 0.6) is 5.75 Å². The Balaban J connectivity index is 1.72. The van der Waals surface area contributed by atoms with Gasteiger partial charge in [-0.3, -0.25) is 4.79 Å². The predicted molar refractivity (Wildman–Crippen MR) is 80.8 cm³/mol. The van der Waals surface area contributed by atoms with Crippen molar-refractivity contribution in [2.24, 2.45) is 0 Å². The van der Waals surface area contributed by atoms with Crippen molar-refractivity contribution in [1.82, 2.24) is 0 Å². The minimum Gasteiger partial charge on any atom is -0.495 e. The summed E-state index contributed by atoms with van der Waals surface area (Å²) in [6.07, 6.45) is 2.67. The van der Waals surface area contributed by atoms with E-state index in [9.17, 15) is 4.79 Å². The summed E-state index contributed by atoms with van der Waals surface area (Å²) >= 11 is 0. The minimum atomic E-state index is -0.0776. The first-order valence-corrected chi connectivity index (χ1v) is 7.33. The van der Waals surface area contributed by atoms with Crippen LogP contribution < -0.4 is 10.1 Å². The molecule has 1 fully saturated rings. The number of nitrogens with one attached hydrogen (secondary N) is 1. The highest BCUT2D eigenvalue weighted by Crippen LogP contribution is 2.25. The molecule has 1 heterocycles. The molecule has 1 aromatic carbocycles. The average Bonchev–Trinajstić information content (AvgIpc) is 2.97. The van der Waals surface area contributed by atoms with E-state index in [1.807, 2.05) is 25.1 Å². The van der Waals surface area contributed by atoms with Gasteiger partial charge < -0.3 is 19.5 Å². The molecular weight excluding hydrogens is 270 g/mol. The van der Waals surface area contributed by atoms with Crippen LogP contribution >= 0.6 is 0 Å². The second-order valence-corrected chi connectivity index (χ2v) is 5.21. The van der Waals surface area contributed by atoms with E-state index < -0.39 is 0 Å². The lowest BCUT2D eigenvalue weighted by atomic mass is 10.2. The van der Waals surface area contributed by atoms with Gasteiger partial charge in [-0.1, -0.05) is 6.07 Å². The average molecular weight is 293 g/mol. The van der Waals surface area contributed by atoms with Gasteiger partial charge in [0.2, 0.25) is 5.91 Å². The number of ether oxygens (including phenoxy) is 3. The van der Waals surface area contributed by atoms with Crippen LogP contribution in [0.15, 0.2) is 18.2 Å². The summed E-state index contributed by atoms with van der Waals surface area (Å²) in [4.78, 5) is 11.9. The van der Waals surface area contributed by atoms with Crippen LogP contribution in [0.2, 0.25) is 0 Å². The third kappa shape index (κ3) is 5.02. The molecule has 0 aliphatic carbocycles. The fourth-order valence-corrected chi connectivity index (χ4v) is 2.29. The third-order valence-electron chi connectivity index (χ3n) is 3.43. The van der Waals surface area contributed by atoms with E-state index in [1.54, 1.807) is 7.11 Å². The second-order valence-electron chi connectivity index (χ2n) is 5.21. The zero-order chi connectivity index (χ0) is 15.1. The Morgan fingerprint density at radius 3 is 3.05 bits per heavy atom. The number of aryl methyl sites for hydroxylation is 1. The summed E-state index contributed by atoms with van der Waals surface area (Å²) in [5.41, 5.74) is 1.77. The number of anilines is 1. The number of rotatable bonds is 7. The second kappa shape index (κ2) is 8.00. The fourth-order valence-electron chi connectivity index (χ4n) is 2.29. The quantitative estimate of drug-likeness (QED) is 0.785. The molecule has 0 bridgehead atoms. The molecule has 0 saturated carbocycles. The SMILES string of the molecule is COc1ccc(C)cc1NC(=O)CCOC[C@@H]1CCCO1. The monoisotopic (exact) mass is 293 g/mol. The summed E-state index contributed by atoms with van der Waals surface area (Å²) in [7, 11) is 1.59. The number of hydrogen-bond acceptors (Lipinski definition) is 4. The van der Waals surface area contributed by atoms with Crippen molar-refractivity contribution in [2.75, 3.05) is 32.2 Å². The van der Waals surface area contributed by atoms with Gasteiger partial charge in [-0.2, -0.15) is 0 Å².